The van der Waals surface area contributed by atoms with Crippen molar-refractivity contribution in [1.29, 1.82) is 0 Å². The van der Waals surface area contributed by atoms with Crippen LogP contribution in [-0.2, 0) is 4.74 Å². The van der Waals surface area contributed by atoms with Gasteiger partial charge < -0.3 is 19.3 Å². The van der Waals surface area contributed by atoms with E-state index in [0.29, 0.717) is 55.0 Å². The molecule has 9 heteroatoms. The van der Waals surface area contributed by atoms with Gasteiger partial charge in [0, 0.05) is 32.4 Å². The molecule has 0 saturated carbocycles. The van der Waals surface area contributed by atoms with E-state index >= 15 is 0 Å². The number of pyridine rings is 1. The summed E-state index contributed by atoms with van der Waals surface area (Å²) in [5.41, 5.74) is 0.301. The minimum atomic E-state index is -0.405. The number of amides is 2. The monoisotopic (exact) mass is 493 g/mol. The topological polar surface area (TPSA) is 72.0 Å². The van der Waals surface area contributed by atoms with E-state index < -0.39 is 5.82 Å². The molecule has 0 aliphatic carbocycles. The number of ether oxygens (including phenoxy) is 2. The van der Waals surface area contributed by atoms with Gasteiger partial charge in [-0.05, 0) is 58.6 Å². The Hall–Kier alpha value is -2.68. The molecule has 31 heavy (non-hydrogen) atoms. The Morgan fingerprint density at radius 1 is 1.16 bits per heavy atom. The van der Waals surface area contributed by atoms with Crippen molar-refractivity contribution >= 4 is 27.9 Å². The maximum absolute atomic E-state index is 13.4. The lowest BCUT2D eigenvalue weighted by Gasteiger charge is -2.22. The van der Waals surface area contributed by atoms with Gasteiger partial charge in [0.2, 0.25) is 5.88 Å². The quantitative estimate of drug-likeness (QED) is 0.602. The number of benzene rings is 1. The Morgan fingerprint density at radius 3 is 2.65 bits per heavy atom. The van der Waals surface area contributed by atoms with Gasteiger partial charge in [0.25, 0.3) is 5.91 Å². The molecule has 3 rings (SSSR count). The summed E-state index contributed by atoms with van der Waals surface area (Å²) in [6.07, 6.45) is 1.82. The molecule has 7 nitrogen and oxygen atoms in total. The second-order valence-corrected chi connectivity index (χ2v) is 8.49. The Balaban J connectivity index is 1.69. The summed E-state index contributed by atoms with van der Waals surface area (Å²) in [5, 5.41) is 0. The number of hydrogen-bond acceptors (Lipinski definition) is 5. The van der Waals surface area contributed by atoms with Crippen molar-refractivity contribution in [3.8, 4) is 11.6 Å². The van der Waals surface area contributed by atoms with Crippen molar-refractivity contribution in [2.24, 2.45) is 5.92 Å². The van der Waals surface area contributed by atoms with E-state index in [1.165, 1.54) is 24.4 Å². The summed E-state index contributed by atoms with van der Waals surface area (Å²) in [7, 11) is 0. The van der Waals surface area contributed by atoms with Crippen LogP contribution in [0, 0.1) is 11.7 Å². The highest BCUT2D eigenvalue weighted by atomic mass is 79.9. The molecule has 2 heterocycles. The Bertz CT molecular complexity index is 941. The molecule has 1 aliphatic rings. The van der Waals surface area contributed by atoms with Crippen LogP contribution in [0.4, 0.5) is 9.18 Å². The molecule has 0 atom stereocenters. The zero-order chi connectivity index (χ0) is 22.4. The Kier molecular flexibility index (Phi) is 7.84. The van der Waals surface area contributed by atoms with Gasteiger partial charge in [-0.25, -0.2) is 14.2 Å². The van der Waals surface area contributed by atoms with Crippen molar-refractivity contribution in [3.05, 3.63) is 52.4 Å². The molecule has 1 saturated heterocycles. The van der Waals surface area contributed by atoms with E-state index in [2.05, 4.69) is 20.9 Å². The third-order valence-electron chi connectivity index (χ3n) is 4.68. The molecule has 0 radical (unpaired) electrons. The van der Waals surface area contributed by atoms with E-state index in [4.69, 9.17) is 9.47 Å². The van der Waals surface area contributed by atoms with Crippen LogP contribution < -0.4 is 4.74 Å². The molecule has 0 unspecified atom stereocenters. The maximum Gasteiger partial charge on any atom is 0.409 e. The smallest absolute Gasteiger partial charge is 0.409 e. The van der Waals surface area contributed by atoms with E-state index in [1.807, 2.05) is 13.8 Å². The van der Waals surface area contributed by atoms with Crippen molar-refractivity contribution in [2.75, 3.05) is 32.8 Å². The number of rotatable bonds is 5. The zero-order valence-electron chi connectivity index (χ0n) is 17.5. The first kappa shape index (κ1) is 23.0. The minimum absolute atomic E-state index is 0.136. The van der Waals surface area contributed by atoms with Crippen LogP contribution in [0.5, 0.6) is 11.6 Å². The summed E-state index contributed by atoms with van der Waals surface area (Å²) in [6, 6.07) is 7.32. The Morgan fingerprint density at radius 2 is 1.90 bits per heavy atom. The van der Waals surface area contributed by atoms with Gasteiger partial charge in [0.05, 0.1) is 11.1 Å². The van der Waals surface area contributed by atoms with E-state index in [1.54, 1.807) is 21.9 Å². The van der Waals surface area contributed by atoms with Crippen LogP contribution in [0.2, 0.25) is 0 Å². The third kappa shape index (κ3) is 6.16. The van der Waals surface area contributed by atoms with Gasteiger partial charge in [-0.3, -0.25) is 4.79 Å². The second kappa shape index (κ2) is 10.6. The molecule has 166 valence electrons. The van der Waals surface area contributed by atoms with Crippen molar-refractivity contribution in [2.45, 2.75) is 20.3 Å². The minimum Gasteiger partial charge on any atom is -0.449 e. The van der Waals surface area contributed by atoms with Crippen LogP contribution in [0.3, 0.4) is 0 Å². The normalized spacial score (nSPS) is 14.4. The third-order valence-corrected chi connectivity index (χ3v) is 5.30. The molecule has 2 aromatic rings. The molecule has 0 spiro atoms. The van der Waals surface area contributed by atoms with Crippen LogP contribution in [-0.4, -0.2) is 59.6 Å². The fourth-order valence-corrected chi connectivity index (χ4v) is 3.53. The number of aromatic nitrogens is 1. The van der Waals surface area contributed by atoms with Gasteiger partial charge in [-0.1, -0.05) is 13.8 Å². The van der Waals surface area contributed by atoms with Gasteiger partial charge >= 0.3 is 6.09 Å². The number of nitrogens with zero attached hydrogens (tertiary/aromatic N) is 3. The molecule has 0 bridgehead atoms. The first-order chi connectivity index (χ1) is 14.8. The van der Waals surface area contributed by atoms with Crippen molar-refractivity contribution in [3.63, 3.8) is 0 Å². The van der Waals surface area contributed by atoms with E-state index in [-0.39, 0.29) is 23.8 Å². The lowest BCUT2D eigenvalue weighted by molar-refractivity contribution is 0.0743. The van der Waals surface area contributed by atoms with Crippen LogP contribution in [0.15, 0.2) is 41.0 Å². The molecular formula is C22H25BrFN3O4. The van der Waals surface area contributed by atoms with Gasteiger partial charge in [0.15, 0.2) is 0 Å². The maximum atomic E-state index is 13.4. The van der Waals surface area contributed by atoms with E-state index in [9.17, 15) is 14.0 Å². The summed E-state index contributed by atoms with van der Waals surface area (Å²) < 4.78 is 24.9. The predicted molar refractivity (Wildman–Crippen MR) is 117 cm³/mol. The van der Waals surface area contributed by atoms with Gasteiger partial charge in [-0.2, -0.15) is 0 Å². The SMILES string of the molecule is CC(C)COC(=O)N1CCCN(C(=O)c2cccnc2Oc2ccc(F)cc2Br)CC1. The molecule has 1 fully saturated rings. The molecule has 2 amide bonds. The standard InChI is InChI=1S/C22H25BrFN3O4/c1-15(2)14-30-22(29)27-10-4-9-26(11-12-27)21(28)17-5-3-8-25-20(17)31-19-7-6-16(24)13-18(19)23/h3,5-8,13,15H,4,9-12,14H2,1-2H3. The second-order valence-electron chi connectivity index (χ2n) is 7.64. The average molecular weight is 494 g/mol. The van der Waals surface area contributed by atoms with Crippen LogP contribution >= 0.6 is 15.9 Å². The largest absolute Gasteiger partial charge is 0.449 e. The molecule has 0 N–H and O–H groups in total. The first-order valence-electron chi connectivity index (χ1n) is 10.1. The number of carbonyl (C=O) groups excluding carboxylic acids is 2. The highest BCUT2D eigenvalue weighted by molar-refractivity contribution is 9.10. The summed E-state index contributed by atoms with van der Waals surface area (Å²) in [5.74, 6) is 0.108. The van der Waals surface area contributed by atoms with Crippen LogP contribution in [0.25, 0.3) is 0 Å². The summed E-state index contributed by atoms with van der Waals surface area (Å²) in [6.45, 7) is 6.13. The average Bonchev–Trinajstić information content (AvgIpc) is 3.00. The van der Waals surface area contributed by atoms with Crippen molar-refractivity contribution in [1.82, 2.24) is 14.8 Å². The van der Waals surface area contributed by atoms with Gasteiger partial charge in [0.1, 0.15) is 17.1 Å². The molecule has 1 aromatic carbocycles. The lowest BCUT2D eigenvalue weighted by atomic mass is 10.2. The number of carbonyl (C=O) groups is 2. The predicted octanol–water partition coefficient (Wildman–Crippen LogP) is 4.72. The van der Waals surface area contributed by atoms with E-state index in [0.717, 1.165) is 0 Å². The summed E-state index contributed by atoms with van der Waals surface area (Å²) >= 11 is 3.26. The molecular weight excluding hydrogens is 469 g/mol. The Labute approximate surface area is 189 Å². The summed E-state index contributed by atoms with van der Waals surface area (Å²) in [4.78, 5) is 33.0. The number of halogens is 2. The lowest BCUT2D eigenvalue weighted by Crippen LogP contribution is -2.38. The fourth-order valence-electron chi connectivity index (χ4n) is 3.10. The highest BCUT2D eigenvalue weighted by Gasteiger charge is 2.26. The fraction of sp³-hybridized carbons (Fsp3) is 0.409. The first-order valence-corrected chi connectivity index (χ1v) is 10.9. The zero-order valence-corrected chi connectivity index (χ0v) is 19.1. The molecule has 1 aliphatic heterocycles. The van der Waals surface area contributed by atoms with Crippen LogP contribution in [0.1, 0.15) is 30.6 Å². The number of hydrogen-bond donors (Lipinski definition) is 0. The molecule has 1 aromatic heterocycles. The van der Waals surface area contributed by atoms with Crippen molar-refractivity contribution < 1.29 is 23.5 Å². The highest BCUT2D eigenvalue weighted by Crippen LogP contribution is 2.31. The van der Waals surface area contributed by atoms with Gasteiger partial charge in [-0.15, -0.1) is 0 Å².